The molecule has 0 saturated heterocycles. The number of carbonyl (C=O) groups is 2. The van der Waals surface area contributed by atoms with E-state index in [1.54, 1.807) is 13.0 Å². The van der Waals surface area contributed by atoms with E-state index >= 15 is 0 Å². The summed E-state index contributed by atoms with van der Waals surface area (Å²) in [6.07, 6.45) is -0.786. The highest BCUT2D eigenvalue weighted by Crippen LogP contribution is 2.29. The molecule has 7 heteroatoms. The Kier molecular flexibility index (Phi) is 6.64. The molecule has 116 valence electrons. The minimum Gasteiger partial charge on any atom is -0.481 e. The van der Waals surface area contributed by atoms with Crippen molar-refractivity contribution in [2.24, 2.45) is 0 Å². The predicted molar refractivity (Wildman–Crippen MR) is 84.3 cm³/mol. The molecule has 3 amide bonds. The molecule has 3 N–H and O–H groups in total. The number of benzene rings is 1. The summed E-state index contributed by atoms with van der Waals surface area (Å²) in [5.41, 5.74) is 0.923. The third kappa shape index (κ3) is 5.02. The molecule has 2 unspecified atom stereocenters. The van der Waals surface area contributed by atoms with Crippen LogP contribution < -0.4 is 20.7 Å². The lowest BCUT2D eigenvalue weighted by Gasteiger charge is -2.20. The van der Waals surface area contributed by atoms with Crippen molar-refractivity contribution in [1.82, 2.24) is 16.0 Å². The Morgan fingerprint density at radius 3 is 2.48 bits per heavy atom. The van der Waals surface area contributed by atoms with Crippen molar-refractivity contribution in [2.45, 2.75) is 26.0 Å². The summed E-state index contributed by atoms with van der Waals surface area (Å²) in [5.74, 6) is 0.0972. The fraction of sp³-hybridized carbons (Fsp3) is 0.429. The second-order valence-electron chi connectivity index (χ2n) is 4.52. The average Bonchev–Trinajstić information content (AvgIpc) is 2.47. The van der Waals surface area contributed by atoms with Crippen LogP contribution in [0.3, 0.4) is 0 Å². The van der Waals surface area contributed by atoms with Crippen LogP contribution in [0.2, 0.25) is 0 Å². The van der Waals surface area contributed by atoms with Gasteiger partial charge >= 0.3 is 6.03 Å². The topological polar surface area (TPSA) is 79.5 Å². The maximum absolute atomic E-state index is 11.8. The van der Waals surface area contributed by atoms with Crippen molar-refractivity contribution >= 4 is 27.9 Å². The van der Waals surface area contributed by atoms with Gasteiger partial charge in [0.05, 0.1) is 0 Å². The zero-order valence-electron chi connectivity index (χ0n) is 12.5. The Hall–Kier alpha value is -1.60. The minimum atomic E-state index is -0.786. The predicted octanol–water partition coefficient (Wildman–Crippen LogP) is 1.95. The van der Waals surface area contributed by atoms with E-state index in [4.69, 9.17) is 4.74 Å². The maximum atomic E-state index is 11.8. The number of nitrogens with one attached hydrogen (secondary N) is 3. The van der Waals surface area contributed by atoms with E-state index in [-0.39, 0.29) is 6.04 Å². The lowest BCUT2D eigenvalue weighted by molar-refractivity contribution is -0.126. The number of carbonyl (C=O) groups excluding carboxylic acids is 2. The standard InChI is InChI=1S/C14H20BrN3O3/c1-8(16-3)11-7-10(15)5-6-12(11)21-9(2)13(19)18-14(20)17-4/h5-9,16H,1-4H3,(H2,17,18,19,20). The summed E-state index contributed by atoms with van der Waals surface area (Å²) in [4.78, 5) is 22.9. The van der Waals surface area contributed by atoms with Gasteiger partial charge in [0, 0.05) is 23.1 Å². The van der Waals surface area contributed by atoms with Crippen LogP contribution in [-0.2, 0) is 4.79 Å². The van der Waals surface area contributed by atoms with Crippen LogP contribution in [0.25, 0.3) is 0 Å². The Morgan fingerprint density at radius 1 is 1.24 bits per heavy atom. The molecular weight excluding hydrogens is 338 g/mol. The summed E-state index contributed by atoms with van der Waals surface area (Å²) >= 11 is 3.42. The number of amides is 3. The molecule has 0 radical (unpaired) electrons. The van der Waals surface area contributed by atoms with Crippen molar-refractivity contribution in [3.63, 3.8) is 0 Å². The molecule has 0 aliphatic carbocycles. The molecule has 0 bridgehead atoms. The fourth-order valence-electron chi connectivity index (χ4n) is 1.64. The van der Waals surface area contributed by atoms with Gasteiger partial charge < -0.3 is 15.4 Å². The molecule has 6 nitrogen and oxygen atoms in total. The van der Waals surface area contributed by atoms with Gasteiger partial charge in [-0.2, -0.15) is 0 Å². The van der Waals surface area contributed by atoms with E-state index in [2.05, 4.69) is 31.9 Å². The lowest BCUT2D eigenvalue weighted by Crippen LogP contribution is -2.44. The number of hydrogen-bond donors (Lipinski definition) is 3. The molecule has 1 aromatic carbocycles. The summed E-state index contributed by atoms with van der Waals surface area (Å²) in [6.45, 7) is 3.58. The number of halogens is 1. The van der Waals surface area contributed by atoms with Crippen LogP contribution in [0, 0.1) is 0 Å². The van der Waals surface area contributed by atoms with Crippen molar-refractivity contribution in [3.8, 4) is 5.75 Å². The lowest BCUT2D eigenvalue weighted by atomic mass is 10.1. The van der Waals surface area contributed by atoms with Gasteiger partial charge in [0.2, 0.25) is 0 Å². The van der Waals surface area contributed by atoms with Gasteiger partial charge in [-0.25, -0.2) is 4.79 Å². The van der Waals surface area contributed by atoms with Crippen LogP contribution in [-0.4, -0.2) is 32.1 Å². The highest BCUT2D eigenvalue weighted by atomic mass is 79.9. The van der Waals surface area contributed by atoms with Crippen LogP contribution in [0.5, 0.6) is 5.75 Å². The number of urea groups is 1. The minimum absolute atomic E-state index is 0.0618. The highest BCUT2D eigenvalue weighted by Gasteiger charge is 2.19. The molecule has 0 spiro atoms. The summed E-state index contributed by atoms with van der Waals surface area (Å²) in [5, 5.41) is 7.63. The van der Waals surface area contributed by atoms with Crippen LogP contribution in [0.1, 0.15) is 25.5 Å². The first-order chi connectivity index (χ1) is 9.88. The molecule has 2 atom stereocenters. The SMILES string of the molecule is CNC(=O)NC(=O)C(C)Oc1ccc(Br)cc1C(C)NC. The molecular formula is C14H20BrN3O3. The first-order valence-corrected chi connectivity index (χ1v) is 7.34. The van der Waals surface area contributed by atoms with E-state index < -0.39 is 18.0 Å². The largest absolute Gasteiger partial charge is 0.481 e. The second-order valence-corrected chi connectivity index (χ2v) is 5.44. The Morgan fingerprint density at radius 2 is 1.90 bits per heavy atom. The van der Waals surface area contributed by atoms with Gasteiger partial charge in [-0.05, 0) is 39.1 Å². The van der Waals surface area contributed by atoms with Crippen molar-refractivity contribution in [3.05, 3.63) is 28.2 Å². The van der Waals surface area contributed by atoms with Gasteiger partial charge in [-0.15, -0.1) is 0 Å². The number of hydrogen-bond acceptors (Lipinski definition) is 4. The molecule has 1 rings (SSSR count). The smallest absolute Gasteiger partial charge is 0.321 e. The molecule has 0 heterocycles. The molecule has 1 aromatic rings. The Bertz CT molecular complexity index is 522. The van der Waals surface area contributed by atoms with Crippen LogP contribution in [0.4, 0.5) is 4.79 Å². The van der Waals surface area contributed by atoms with E-state index in [1.807, 2.05) is 26.1 Å². The van der Waals surface area contributed by atoms with Crippen molar-refractivity contribution < 1.29 is 14.3 Å². The van der Waals surface area contributed by atoms with Crippen molar-refractivity contribution in [1.29, 1.82) is 0 Å². The quantitative estimate of drug-likeness (QED) is 0.752. The first kappa shape index (κ1) is 17.5. The molecule has 0 aliphatic heterocycles. The Balaban J connectivity index is 2.87. The summed E-state index contributed by atoms with van der Waals surface area (Å²) in [7, 11) is 3.28. The maximum Gasteiger partial charge on any atom is 0.321 e. The molecule has 21 heavy (non-hydrogen) atoms. The normalized spacial score (nSPS) is 13.2. The van der Waals surface area contributed by atoms with Gasteiger partial charge in [-0.1, -0.05) is 15.9 Å². The van der Waals surface area contributed by atoms with Crippen molar-refractivity contribution in [2.75, 3.05) is 14.1 Å². The van der Waals surface area contributed by atoms with Gasteiger partial charge in [0.25, 0.3) is 5.91 Å². The third-order valence-electron chi connectivity index (χ3n) is 3.01. The van der Waals surface area contributed by atoms with Crippen LogP contribution in [0.15, 0.2) is 22.7 Å². The monoisotopic (exact) mass is 357 g/mol. The zero-order chi connectivity index (χ0) is 16.0. The van der Waals surface area contributed by atoms with Gasteiger partial charge in [0.1, 0.15) is 5.75 Å². The van der Waals surface area contributed by atoms with E-state index in [0.717, 1.165) is 10.0 Å². The van der Waals surface area contributed by atoms with Gasteiger partial charge in [-0.3, -0.25) is 10.1 Å². The average molecular weight is 358 g/mol. The second kappa shape index (κ2) is 7.99. The van der Waals surface area contributed by atoms with E-state index in [1.165, 1.54) is 7.05 Å². The van der Waals surface area contributed by atoms with E-state index in [0.29, 0.717) is 5.75 Å². The Labute approximate surface area is 132 Å². The third-order valence-corrected chi connectivity index (χ3v) is 3.50. The molecule has 0 aliphatic rings. The first-order valence-electron chi connectivity index (χ1n) is 6.55. The van der Waals surface area contributed by atoms with Gasteiger partial charge in [0.15, 0.2) is 6.10 Å². The highest BCUT2D eigenvalue weighted by molar-refractivity contribution is 9.10. The fourth-order valence-corrected chi connectivity index (χ4v) is 2.02. The van der Waals surface area contributed by atoms with E-state index in [9.17, 15) is 9.59 Å². The number of rotatable bonds is 5. The number of imide groups is 1. The molecule has 0 aromatic heterocycles. The number of ether oxygens (including phenoxy) is 1. The zero-order valence-corrected chi connectivity index (χ0v) is 14.1. The molecule has 0 fully saturated rings. The van der Waals surface area contributed by atoms with Crippen LogP contribution >= 0.6 is 15.9 Å². The summed E-state index contributed by atoms with van der Waals surface area (Å²) in [6, 6.07) is 5.06. The molecule has 0 saturated carbocycles. The summed E-state index contributed by atoms with van der Waals surface area (Å²) < 4.78 is 6.60.